The first kappa shape index (κ1) is 9.99. The molecule has 0 bridgehead atoms. The van der Waals surface area contributed by atoms with Gasteiger partial charge in [0.25, 0.3) is 0 Å². The van der Waals surface area contributed by atoms with E-state index in [-0.39, 0.29) is 0 Å². The highest BCUT2D eigenvalue weighted by molar-refractivity contribution is 5.48. The summed E-state index contributed by atoms with van der Waals surface area (Å²) in [5.41, 5.74) is 2.35. The molecule has 0 aliphatic carbocycles. The lowest BCUT2D eigenvalue weighted by atomic mass is 10.2. The van der Waals surface area contributed by atoms with Crippen molar-refractivity contribution in [1.82, 2.24) is 10.3 Å². The Labute approximate surface area is 79.6 Å². The van der Waals surface area contributed by atoms with Crippen LogP contribution in [0.5, 0.6) is 0 Å². The number of hydrogen-bond donors (Lipinski definition) is 2. The van der Waals surface area contributed by atoms with Crippen molar-refractivity contribution in [2.24, 2.45) is 0 Å². The molecule has 2 N–H and O–H groups in total. The zero-order valence-electron chi connectivity index (χ0n) is 8.46. The Hall–Kier alpha value is -1.09. The van der Waals surface area contributed by atoms with Crippen molar-refractivity contribution >= 4 is 5.69 Å². The number of nitrogens with one attached hydrogen (secondary N) is 2. The lowest BCUT2D eigenvalue weighted by Crippen LogP contribution is -2.22. The molecule has 0 aromatic carbocycles. The summed E-state index contributed by atoms with van der Waals surface area (Å²) >= 11 is 0. The maximum atomic E-state index is 4.09. The molecule has 1 heterocycles. The fraction of sp³-hybridized carbons (Fsp3) is 0.500. The van der Waals surface area contributed by atoms with Crippen LogP contribution in [-0.4, -0.2) is 18.1 Å². The lowest BCUT2D eigenvalue weighted by molar-refractivity contribution is 0.588. The molecular weight excluding hydrogens is 162 g/mol. The Morgan fingerprint density at radius 1 is 1.46 bits per heavy atom. The zero-order valence-corrected chi connectivity index (χ0v) is 8.46. The van der Waals surface area contributed by atoms with E-state index < -0.39 is 0 Å². The van der Waals surface area contributed by atoms with Gasteiger partial charge in [-0.1, -0.05) is 13.8 Å². The fourth-order valence-corrected chi connectivity index (χ4v) is 1.13. The number of anilines is 1. The van der Waals surface area contributed by atoms with Gasteiger partial charge in [0.2, 0.25) is 0 Å². The highest BCUT2D eigenvalue weighted by atomic mass is 14.9. The van der Waals surface area contributed by atoms with Crippen LogP contribution in [0.4, 0.5) is 5.69 Å². The molecule has 0 saturated heterocycles. The summed E-state index contributed by atoms with van der Waals surface area (Å²) < 4.78 is 0. The maximum absolute atomic E-state index is 4.09. The molecule has 72 valence electrons. The average Bonchev–Trinajstić information content (AvgIpc) is 2.15. The van der Waals surface area contributed by atoms with Gasteiger partial charge in [-0.3, -0.25) is 4.98 Å². The molecule has 0 saturated carbocycles. The molecule has 0 aliphatic heterocycles. The van der Waals surface area contributed by atoms with Crippen molar-refractivity contribution in [3.8, 4) is 0 Å². The van der Waals surface area contributed by atoms with Crippen molar-refractivity contribution in [1.29, 1.82) is 0 Å². The monoisotopic (exact) mass is 179 g/mol. The predicted molar refractivity (Wildman–Crippen MR) is 55.8 cm³/mol. The normalized spacial score (nSPS) is 10.5. The van der Waals surface area contributed by atoms with Crippen molar-refractivity contribution in [2.45, 2.75) is 26.4 Å². The number of hydrogen-bond acceptors (Lipinski definition) is 3. The Morgan fingerprint density at radius 3 is 2.85 bits per heavy atom. The van der Waals surface area contributed by atoms with E-state index in [1.54, 1.807) is 6.20 Å². The lowest BCUT2D eigenvalue weighted by Gasteiger charge is -2.11. The quantitative estimate of drug-likeness (QED) is 0.737. The molecular formula is C10H17N3. The molecule has 1 aromatic rings. The minimum atomic E-state index is 0.505. The SMILES string of the molecule is CNc1ccncc1CNC(C)C. The van der Waals surface area contributed by atoms with E-state index in [2.05, 4.69) is 29.5 Å². The van der Waals surface area contributed by atoms with Gasteiger partial charge < -0.3 is 10.6 Å². The molecule has 3 nitrogen and oxygen atoms in total. The van der Waals surface area contributed by atoms with Gasteiger partial charge in [0.05, 0.1) is 0 Å². The molecule has 1 aromatic heterocycles. The van der Waals surface area contributed by atoms with Gasteiger partial charge in [0.15, 0.2) is 0 Å². The molecule has 0 amide bonds. The number of rotatable bonds is 4. The second kappa shape index (κ2) is 4.82. The maximum Gasteiger partial charge on any atom is 0.0414 e. The van der Waals surface area contributed by atoms with E-state index in [1.165, 1.54) is 5.56 Å². The highest BCUT2D eigenvalue weighted by Crippen LogP contribution is 2.11. The number of pyridine rings is 1. The summed E-state index contributed by atoms with van der Waals surface area (Å²) in [7, 11) is 1.92. The molecule has 0 radical (unpaired) electrons. The molecule has 1 rings (SSSR count). The minimum Gasteiger partial charge on any atom is -0.388 e. The molecule has 0 fully saturated rings. The summed E-state index contributed by atoms with van der Waals surface area (Å²) in [5, 5.41) is 6.50. The van der Waals surface area contributed by atoms with Crippen LogP contribution in [0.3, 0.4) is 0 Å². The van der Waals surface area contributed by atoms with Crippen molar-refractivity contribution in [2.75, 3.05) is 12.4 Å². The third kappa shape index (κ3) is 3.03. The second-order valence-corrected chi connectivity index (χ2v) is 3.32. The van der Waals surface area contributed by atoms with Gasteiger partial charge in [-0.2, -0.15) is 0 Å². The third-order valence-corrected chi connectivity index (χ3v) is 1.87. The van der Waals surface area contributed by atoms with Crippen molar-refractivity contribution in [3.05, 3.63) is 24.0 Å². The van der Waals surface area contributed by atoms with E-state index in [9.17, 15) is 0 Å². The van der Waals surface area contributed by atoms with Crippen LogP contribution in [-0.2, 0) is 6.54 Å². The fourth-order valence-electron chi connectivity index (χ4n) is 1.13. The smallest absolute Gasteiger partial charge is 0.0414 e. The van der Waals surface area contributed by atoms with Crippen LogP contribution in [0.25, 0.3) is 0 Å². The molecule has 0 spiro atoms. The summed E-state index contributed by atoms with van der Waals surface area (Å²) in [6.07, 6.45) is 3.69. The molecule has 0 aliphatic rings. The van der Waals surface area contributed by atoms with Crippen LogP contribution in [0.2, 0.25) is 0 Å². The highest BCUT2D eigenvalue weighted by Gasteiger charge is 2.00. The Balaban J connectivity index is 2.64. The predicted octanol–water partition coefficient (Wildman–Crippen LogP) is 1.62. The molecule has 0 unspecified atom stereocenters. The minimum absolute atomic E-state index is 0.505. The largest absolute Gasteiger partial charge is 0.388 e. The van der Waals surface area contributed by atoms with Gasteiger partial charge in [0.1, 0.15) is 0 Å². The average molecular weight is 179 g/mol. The van der Waals surface area contributed by atoms with E-state index >= 15 is 0 Å². The van der Waals surface area contributed by atoms with Gasteiger partial charge in [0, 0.05) is 43.3 Å². The van der Waals surface area contributed by atoms with Crippen LogP contribution in [0, 0.1) is 0 Å². The number of nitrogens with zero attached hydrogens (tertiary/aromatic N) is 1. The van der Waals surface area contributed by atoms with E-state index in [1.807, 2.05) is 19.3 Å². The molecule has 13 heavy (non-hydrogen) atoms. The van der Waals surface area contributed by atoms with Crippen molar-refractivity contribution in [3.63, 3.8) is 0 Å². The summed E-state index contributed by atoms with van der Waals surface area (Å²) in [5.74, 6) is 0. The standard InChI is InChI=1S/C10H17N3/c1-8(2)13-7-9-6-12-5-4-10(9)11-3/h4-6,8,13H,7H2,1-3H3,(H,11,12). The van der Waals surface area contributed by atoms with Gasteiger partial charge in [-0.15, -0.1) is 0 Å². The van der Waals surface area contributed by atoms with Crippen LogP contribution < -0.4 is 10.6 Å². The van der Waals surface area contributed by atoms with Gasteiger partial charge >= 0.3 is 0 Å². The summed E-state index contributed by atoms with van der Waals surface area (Å²) in [4.78, 5) is 4.09. The van der Waals surface area contributed by atoms with Gasteiger partial charge in [-0.05, 0) is 6.07 Å². The third-order valence-electron chi connectivity index (χ3n) is 1.87. The first-order valence-electron chi connectivity index (χ1n) is 4.58. The molecule has 3 heteroatoms. The molecule has 0 atom stereocenters. The van der Waals surface area contributed by atoms with E-state index in [0.29, 0.717) is 6.04 Å². The van der Waals surface area contributed by atoms with Crippen molar-refractivity contribution < 1.29 is 0 Å². The first-order valence-corrected chi connectivity index (χ1v) is 4.58. The van der Waals surface area contributed by atoms with Crippen LogP contribution in [0.15, 0.2) is 18.5 Å². The zero-order chi connectivity index (χ0) is 9.68. The number of aromatic nitrogens is 1. The Bertz CT molecular complexity index is 258. The first-order chi connectivity index (χ1) is 6.24. The van der Waals surface area contributed by atoms with E-state index in [0.717, 1.165) is 12.2 Å². The summed E-state index contributed by atoms with van der Waals surface area (Å²) in [6, 6.07) is 2.49. The Morgan fingerprint density at radius 2 is 2.23 bits per heavy atom. The van der Waals surface area contributed by atoms with Crippen LogP contribution >= 0.6 is 0 Å². The summed E-state index contributed by atoms with van der Waals surface area (Å²) in [6.45, 7) is 5.13. The topological polar surface area (TPSA) is 37.0 Å². The van der Waals surface area contributed by atoms with E-state index in [4.69, 9.17) is 0 Å². The second-order valence-electron chi connectivity index (χ2n) is 3.32. The van der Waals surface area contributed by atoms with Gasteiger partial charge in [-0.25, -0.2) is 0 Å². The van der Waals surface area contributed by atoms with Crippen LogP contribution in [0.1, 0.15) is 19.4 Å². The Kier molecular flexibility index (Phi) is 3.71.